The number of aromatic nitrogens is 4. The maximum Gasteiger partial charge on any atom is 0.330 e. The normalized spacial score (nSPS) is 11.1. The van der Waals surface area contributed by atoms with Gasteiger partial charge in [-0.25, -0.2) is 14.8 Å². The van der Waals surface area contributed by atoms with E-state index >= 15 is 0 Å². The molecule has 0 aliphatic rings. The molecule has 0 amide bonds. The Bertz CT molecular complexity index is 773. The van der Waals surface area contributed by atoms with Crippen molar-refractivity contribution < 1.29 is 0 Å². The van der Waals surface area contributed by atoms with E-state index in [1.165, 1.54) is 11.9 Å². The molecule has 0 unspecified atom stereocenters. The lowest BCUT2D eigenvalue weighted by Gasteiger charge is -2.03. The summed E-state index contributed by atoms with van der Waals surface area (Å²) in [6, 6.07) is 10.2. The largest absolute Gasteiger partial charge is 0.330 e. The van der Waals surface area contributed by atoms with Crippen molar-refractivity contribution in [2.24, 2.45) is 0 Å². The average Bonchev–Trinajstić information content (AvgIpc) is 2.77. The summed E-state index contributed by atoms with van der Waals surface area (Å²) in [4.78, 5) is 20.7. The summed E-state index contributed by atoms with van der Waals surface area (Å²) in [5.74, 6) is 0. The lowest BCUT2D eigenvalue weighted by molar-refractivity contribution is 0.639. The SMILES string of the molecule is CCn1c(=O)n(CCc2ccccc2)c2cncnc21. The van der Waals surface area contributed by atoms with Crippen molar-refractivity contribution in [3.63, 3.8) is 0 Å². The van der Waals surface area contributed by atoms with E-state index in [1.807, 2.05) is 25.1 Å². The zero-order chi connectivity index (χ0) is 13.9. The number of hydrogen-bond acceptors (Lipinski definition) is 3. The molecule has 0 radical (unpaired) electrons. The summed E-state index contributed by atoms with van der Waals surface area (Å²) in [5.41, 5.74) is 2.71. The first-order valence-electron chi connectivity index (χ1n) is 6.74. The van der Waals surface area contributed by atoms with Crippen molar-refractivity contribution >= 4 is 11.2 Å². The zero-order valence-corrected chi connectivity index (χ0v) is 11.4. The van der Waals surface area contributed by atoms with Gasteiger partial charge in [0.2, 0.25) is 0 Å². The zero-order valence-electron chi connectivity index (χ0n) is 11.4. The topological polar surface area (TPSA) is 52.7 Å². The van der Waals surface area contributed by atoms with Crippen molar-refractivity contribution in [2.45, 2.75) is 26.4 Å². The van der Waals surface area contributed by atoms with Crippen LogP contribution in [0.1, 0.15) is 12.5 Å². The molecular weight excluding hydrogens is 252 g/mol. The molecule has 20 heavy (non-hydrogen) atoms. The summed E-state index contributed by atoms with van der Waals surface area (Å²) < 4.78 is 3.44. The van der Waals surface area contributed by atoms with Gasteiger partial charge in [0.05, 0.1) is 6.20 Å². The second kappa shape index (κ2) is 5.28. The Morgan fingerprint density at radius 3 is 2.70 bits per heavy atom. The molecule has 0 atom stereocenters. The first-order chi connectivity index (χ1) is 9.81. The number of imidazole rings is 1. The molecular formula is C15H16N4O. The van der Waals surface area contributed by atoms with Crippen molar-refractivity contribution in [1.29, 1.82) is 0 Å². The molecule has 0 aliphatic carbocycles. The van der Waals surface area contributed by atoms with Gasteiger partial charge in [-0.05, 0) is 18.9 Å². The molecule has 2 heterocycles. The third-order valence-corrected chi connectivity index (χ3v) is 3.46. The Labute approximate surface area is 116 Å². The Kier molecular flexibility index (Phi) is 3.33. The van der Waals surface area contributed by atoms with Gasteiger partial charge < -0.3 is 0 Å². The quantitative estimate of drug-likeness (QED) is 0.725. The number of aryl methyl sites for hydroxylation is 3. The molecule has 1 aromatic carbocycles. The smallest absolute Gasteiger partial charge is 0.289 e. The van der Waals surface area contributed by atoms with Crippen molar-refractivity contribution in [2.75, 3.05) is 0 Å². The second-order valence-corrected chi connectivity index (χ2v) is 4.65. The van der Waals surface area contributed by atoms with Gasteiger partial charge in [-0.1, -0.05) is 30.3 Å². The van der Waals surface area contributed by atoms with Gasteiger partial charge in [0.1, 0.15) is 11.8 Å². The predicted octanol–water partition coefficient (Wildman–Crippen LogP) is 1.86. The van der Waals surface area contributed by atoms with Gasteiger partial charge in [0, 0.05) is 13.1 Å². The van der Waals surface area contributed by atoms with E-state index < -0.39 is 0 Å². The van der Waals surface area contributed by atoms with E-state index in [9.17, 15) is 4.79 Å². The third-order valence-electron chi connectivity index (χ3n) is 3.46. The molecule has 0 spiro atoms. The van der Waals surface area contributed by atoms with Gasteiger partial charge >= 0.3 is 5.69 Å². The van der Waals surface area contributed by atoms with Gasteiger partial charge in [-0.15, -0.1) is 0 Å². The molecule has 0 aliphatic heterocycles. The van der Waals surface area contributed by atoms with E-state index in [1.54, 1.807) is 15.3 Å². The van der Waals surface area contributed by atoms with Crippen LogP contribution in [0.5, 0.6) is 0 Å². The molecule has 0 saturated heterocycles. The lowest BCUT2D eigenvalue weighted by Crippen LogP contribution is -2.24. The van der Waals surface area contributed by atoms with E-state index in [-0.39, 0.29) is 5.69 Å². The third kappa shape index (κ3) is 2.11. The Morgan fingerprint density at radius 1 is 1.15 bits per heavy atom. The summed E-state index contributed by atoms with van der Waals surface area (Å²) in [6.07, 6.45) is 4.01. The minimum absolute atomic E-state index is 0.0149. The molecule has 0 saturated carbocycles. The number of benzene rings is 1. The van der Waals surface area contributed by atoms with Crippen LogP contribution in [-0.2, 0) is 19.5 Å². The molecule has 0 fully saturated rings. The van der Waals surface area contributed by atoms with E-state index in [4.69, 9.17) is 0 Å². The number of fused-ring (bicyclic) bond motifs is 1. The minimum Gasteiger partial charge on any atom is -0.289 e. The Hall–Kier alpha value is -2.43. The van der Waals surface area contributed by atoms with Crippen LogP contribution in [-0.4, -0.2) is 19.1 Å². The number of rotatable bonds is 4. The summed E-state index contributed by atoms with van der Waals surface area (Å²) in [5, 5.41) is 0. The maximum atomic E-state index is 12.4. The molecule has 2 aromatic heterocycles. The standard InChI is InChI=1S/C15H16N4O/c1-2-18-14-13(10-16-11-17-14)19(15(18)20)9-8-12-6-4-3-5-7-12/h3-7,10-11H,2,8-9H2,1H3. The second-order valence-electron chi connectivity index (χ2n) is 4.65. The molecule has 102 valence electrons. The molecule has 5 heteroatoms. The predicted molar refractivity (Wildman–Crippen MR) is 77.6 cm³/mol. The van der Waals surface area contributed by atoms with Crippen LogP contribution < -0.4 is 5.69 Å². The van der Waals surface area contributed by atoms with Gasteiger partial charge in [0.15, 0.2) is 5.65 Å². The molecule has 5 nitrogen and oxygen atoms in total. The van der Waals surface area contributed by atoms with E-state index in [2.05, 4.69) is 22.1 Å². The number of nitrogens with zero attached hydrogens (tertiary/aromatic N) is 4. The van der Waals surface area contributed by atoms with Crippen LogP contribution in [0, 0.1) is 0 Å². The first kappa shape index (κ1) is 12.6. The molecule has 3 aromatic rings. The van der Waals surface area contributed by atoms with Crippen LogP contribution in [0.25, 0.3) is 11.2 Å². The monoisotopic (exact) mass is 268 g/mol. The van der Waals surface area contributed by atoms with Gasteiger partial charge in [0.25, 0.3) is 0 Å². The highest BCUT2D eigenvalue weighted by Crippen LogP contribution is 2.10. The summed E-state index contributed by atoms with van der Waals surface area (Å²) >= 11 is 0. The van der Waals surface area contributed by atoms with Crippen LogP contribution in [0.4, 0.5) is 0 Å². The molecule has 0 N–H and O–H groups in total. The van der Waals surface area contributed by atoms with Crippen molar-refractivity contribution in [3.05, 3.63) is 58.9 Å². The number of hydrogen-bond donors (Lipinski definition) is 0. The van der Waals surface area contributed by atoms with Crippen molar-refractivity contribution in [1.82, 2.24) is 19.1 Å². The van der Waals surface area contributed by atoms with Crippen molar-refractivity contribution in [3.8, 4) is 0 Å². The first-order valence-corrected chi connectivity index (χ1v) is 6.74. The minimum atomic E-state index is -0.0149. The maximum absolute atomic E-state index is 12.4. The lowest BCUT2D eigenvalue weighted by atomic mass is 10.1. The van der Waals surface area contributed by atoms with Gasteiger partial charge in [-0.3, -0.25) is 9.13 Å². The fraction of sp³-hybridized carbons (Fsp3) is 0.267. The molecule has 0 bridgehead atoms. The summed E-state index contributed by atoms with van der Waals surface area (Å²) in [6.45, 7) is 3.20. The van der Waals surface area contributed by atoms with Crippen LogP contribution in [0.2, 0.25) is 0 Å². The Balaban J connectivity index is 1.99. The van der Waals surface area contributed by atoms with E-state index in [0.29, 0.717) is 18.7 Å². The Morgan fingerprint density at radius 2 is 1.95 bits per heavy atom. The molecule has 3 rings (SSSR count). The van der Waals surface area contributed by atoms with Gasteiger partial charge in [-0.2, -0.15) is 0 Å². The fourth-order valence-electron chi connectivity index (χ4n) is 2.44. The highest BCUT2D eigenvalue weighted by atomic mass is 16.1. The van der Waals surface area contributed by atoms with Crippen LogP contribution in [0.15, 0.2) is 47.7 Å². The highest BCUT2D eigenvalue weighted by molar-refractivity contribution is 5.70. The van der Waals surface area contributed by atoms with Crippen LogP contribution >= 0.6 is 0 Å². The average molecular weight is 268 g/mol. The fourth-order valence-corrected chi connectivity index (χ4v) is 2.44. The summed E-state index contributed by atoms with van der Waals surface area (Å²) in [7, 11) is 0. The highest BCUT2D eigenvalue weighted by Gasteiger charge is 2.12. The van der Waals surface area contributed by atoms with E-state index in [0.717, 1.165) is 11.9 Å². The van der Waals surface area contributed by atoms with Crippen LogP contribution in [0.3, 0.4) is 0 Å².